The van der Waals surface area contributed by atoms with Crippen molar-refractivity contribution < 1.29 is 4.79 Å². The van der Waals surface area contributed by atoms with Crippen molar-refractivity contribution in [2.24, 2.45) is 0 Å². The molecule has 0 bridgehead atoms. The van der Waals surface area contributed by atoms with Gasteiger partial charge in [0, 0.05) is 5.69 Å². The molecule has 1 unspecified atom stereocenters. The van der Waals surface area contributed by atoms with Gasteiger partial charge in [-0.3, -0.25) is 4.79 Å². The van der Waals surface area contributed by atoms with E-state index < -0.39 is 0 Å². The molecule has 0 aliphatic heterocycles. The highest BCUT2D eigenvalue weighted by Gasteiger charge is 2.16. The zero-order valence-electron chi connectivity index (χ0n) is 13.6. The number of carbonyl (C=O) groups excluding carboxylic acids is 1. The number of H-pyrrole nitrogens is 1. The third-order valence-electron chi connectivity index (χ3n) is 3.61. The molecular weight excluding hydrogens is 318 g/mol. The summed E-state index contributed by atoms with van der Waals surface area (Å²) < 4.78 is 0. The Bertz CT molecular complexity index is 812. The summed E-state index contributed by atoms with van der Waals surface area (Å²) in [6.07, 6.45) is 1.79. The molecule has 3 aromatic rings. The van der Waals surface area contributed by atoms with Crippen molar-refractivity contribution in [1.82, 2.24) is 9.97 Å². The molecule has 5 heteroatoms. The third-order valence-corrected chi connectivity index (χ3v) is 4.61. The highest BCUT2D eigenvalue weighted by molar-refractivity contribution is 8.00. The minimum Gasteiger partial charge on any atom is -0.333 e. The summed E-state index contributed by atoms with van der Waals surface area (Å²) in [4.78, 5) is 19.9. The minimum atomic E-state index is -0.249. The quantitative estimate of drug-likeness (QED) is 0.674. The number of nitrogens with one attached hydrogen (secondary N) is 2. The van der Waals surface area contributed by atoms with Gasteiger partial charge < -0.3 is 10.3 Å². The summed E-state index contributed by atoms with van der Waals surface area (Å²) in [5, 5.41) is 3.41. The van der Waals surface area contributed by atoms with Gasteiger partial charge in [-0.1, -0.05) is 59.8 Å². The molecule has 122 valence electrons. The summed E-state index contributed by atoms with van der Waals surface area (Å²) in [5.41, 5.74) is 4.00. The molecule has 1 aromatic heterocycles. The van der Waals surface area contributed by atoms with E-state index in [9.17, 15) is 4.79 Å². The van der Waals surface area contributed by atoms with Gasteiger partial charge in [0.2, 0.25) is 5.91 Å². The number of aromatic nitrogens is 2. The van der Waals surface area contributed by atoms with Crippen molar-refractivity contribution in [3.63, 3.8) is 0 Å². The summed E-state index contributed by atoms with van der Waals surface area (Å²) in [7, 11) is 0. The van der Waals surface area contributed by atoms with Crippen LogP contribution in [-0.4, -0.2) is 21.1 Å². The van der Waals surface area contributed by atoms with Crippen LogP contribution >= 0.6 is 11.8 Å². The first kappa shape index (κ1) is 16.3. The highest BCUT2D eigenvalue weighted by Crippen LogP contribution is 2.25. The van der Waals surface area contributed by atoms with E-state index in [2.05, 4.69) is 15.3 Å². The normalized spacial score (nSPS) is 11.9. The maximum atomic E-state index is 12.3. The fraction of sp³-hybridized carbons (Fsp3) is 0.158. The number of imidazole rings is 1. The van der Waals surface area contributed by atoms with Gasteiger partial charge in [0.05, 0.1) is 17.1 Å². The van der Waals surface area contributed by atoms with E-state index in [1.807, 2.05) is 68.4 Å². The Labute approximate surface area is 145 Å². The van der Waals surface area contributed by atoms with Crippen LogP contribution in [-0.2, 0) is 4.79 Å². The molecule has 1 heterocycles. The lowest BCUT2D eigenvalue weighted by Gasteiger charge is -2.10. The van der Waals surface area contributed by atoms with E-state index in [0.29, 0.717) is 0 Å². The number of rotatable bonds is 5. The number of amides is 1. The van der Waals surface area contributed by atoms with Gasteiger partial charge in [-0.05, 0) is 31.5 Å². The maximum absolute atomic E-state index is 12.3. The Hall–Kier alpha value is -2.53. The summed E-state index contributed by atoms with van der Waals surface area (Å²) in [6.45, 7) is 3.89. The molecule has 0 saturated carbocycles. The van der Waals surface area contributed by atoms with Gasteiger partial charge in [0.1, 0.15) is 0 Å². The molecule has 0 radical (unpaired) electrons. The second-order valence-corrected chi connectivity index (χ2v) is 6.91. The Morgan fingerprint density at radius 2 is 1.83 bits per heavy atom. The monoisotopic (exact) mass is 337 g/mol. The molecule has 24 heavy (non-hydrogen) atoms. The molecular formula is C19H19N3OS. The standard InChI is InChI=1S/C19H19N3OS/c1-13-8-10-16(11-9-13)21-18(23)14(2)24-19-20-12-17(22-19)15-6-4-3-5-7-15/h3-12,14H,1-2H3,(H,20,22)(H,21,23). The van der Waals surface area contributed by atoms with Gasteiger partial charge in [-0.2, -0.15) is 0 Å². The lowest BCUT2D eigenvalue weighted by molar-refractivity contribution is -0.115. The number of aromatic amines is 1. The van der Waals surface area contributed by atoms with Crippen molar-refractivity contribution >= 4 is 23.4 Å². The molecule has 3 rings (SSSR count). The van der Waals surface area contributed by atoms with Crippen molar-refractivity contribution in [2.45, 2.75) is 24.3 Å². The molecule has 0 aliphatic carbocycles. The van der Waals surface area contributed by atoms with E-state index in [4.69, 9.17) is 0 Å². The van der Waals surface area contributed by atoms with Crippen LogP contribution < -0.4 is 5.32 Å². The van der Waals surface area contributed by atoms with Gasteiger partial charge in [-0.15, -0.1) is 0 Å². The van der Waals surface area contributed by atoms with Gasteiger partial charge in [-0.25, -0.2) is 4.98 Å². The first-order valence-electron chi connectivity index (χ1n) is 7.76. The summed E-state index contributed by atoms with van der Waals surface area (Å²) in [6, 6.07) is 17.8. The number of nitrogens with zero attached hydrogens (tertiary/aromatic N) is 1. The van der Waals surface area contributed by atoms with E-state index in [1.165, 1.54) is 17.3 Å². The van der Waals surface area contributed by atoms with E-state index >= 15 is 0 Å². The van der Waals surface area contributed by atoms with Crippen molar-refractivity contribution in [2.75, 3.05) is 5.32 Å². The molecule has 1 amide bonds. The molecule has 2 N–H and O–H groups in total. The number of anilines is 1. The third kappa shape index (κ3) is 4.06. The van der Waals surface area contributed by atoms with Crippen LogP contribution in [0, 0.1) is 6.92 Å². The van der Waals surface area contributed by atoms with Gasteiger partial charge in [0.25, 0.3) is 0 Å². The zero-order valence-corrected chi connectivity index (χ0v) is 14.4. The van der Waals surface area contributed by atoms with Gasteiger partial charge in [0.15, 0.2) is 5.16 Å². The first-order chi connectivity index (χ1) is 11.6. The largest absolute Gasteiger partial charge is 0.333 e. The van der Waals surface area contributed by atoms with Crippen LogP contribution in [0.15, 0.2) is 66.0 Å². The predicted molar refractivity (Wildman–Crippen MR) is 99.2 cm³/mol. The molecule has 4 nitrogen and oxygen atoms in total. The zero-order chi connectivity index (χ0) is 16.9. The Kier molecular flexibility index (Phi) is 5.01. The van der Waals surface area contributed by atoms with Crippen LogP contribution in [0.1, 0.15) is 12.5 Å². The lowest BCUT2D eigenvalue weighted by Crippen LogP contribution is -2.22. The molecule has 0 saturated heterocycles. The van der Waals surface area contributed by atoms with Crippen LogP contribution in [0.25, 0.3) is 11.3 Å². The SMILES string of the molecule is Cc1ccc(NC(=O)C(C)Sc2ncc(-c3ccccc3)[nH]2)cc1. The molecule has 0 fully saturated rings. The van der Waals surface area contributed by atoms with E-state index in [-0.39, 0.29) is 11.2 Å². The Morgan fingerprint density at radius 3 is 2.54 bits per heavy atom. The first-order valence-corrected chi connectivity index (χ1v) is 8.64. The number of carbonyl (C=O) groups is 1. The smallest absolute Gasteiger partial charge is 0.237 e. The Morgan fingerprint density at radius 1 is 1.12 bits per heavy atom. The van der Waals surface area contributed by atoms with E-state index in [1.54, 1.807) is 6.20 Å². The average molecular weight is 337 g/mol. The molecule has 1 atom stereocenters. The lowest BCUT2D eigenvalue weighted by atomic mass is 10.2. The van der Waals surface area contributed by atoms with Crippen LogP contribution in [0.5, 0.6) is 0 Å². The molecule has 2 aromatic carbocycles. The topological polar surface area (TPSA) is 57.8 Å². The van der Waals surface area contributed by atoms with Crippen LogP contribution in [0.3, 0.4) is 0 Å². The summed E-state index contributed by atoms with van der Waals surface area (Å²) in [5.74, 6) is -0.0403. The van der Waals surface area contributed by atoms with Crippen molar-refractivity contribution in [1.29, 1.82) is 0 Å². The second kappa shape index (κ2) is 7.36. The van der Waals surface area contributed by atoms with Crippen molar-refractivity contribution in [3.8, 4) is 11.3 Å². The number of benzene rings is 2. The number of aryl methyl sites for hydroxylation is 1. The van der Waals surface area contributed by atoms with Crippen molar-refractivity contribution in [3.05, 3.63) is 66.4 Å². The fourth-order valence-electron chi connectivity index (χ4n) is 2.23. The van der Waals surface area contributed by atoms with Crippen LogP contribution in [0.2, 0.25) is 0 Å². The maximum Gasteiger partial charge on any atom is 0.237 e. The second-order valence-electron chi connectivity index (χ2n) is 5.58. The van der Waals surface area contributed by atoms with Gasteiger partial charge >= 0.3 is 0 Å². The van der Waals surface area contributed by atoms with Crippen LogP contribution in [0.4, 0.5) is 5.69 Å². The minimum absolute atomic E-state index is 0.0403. The summed E-state index contributed by atoms with van der Waals surface area (Å²) >= 11 is 1.41. The number of hydrogen-bond acceptors (Lipinski definition) is 3. The predicted octanol–water partition coefficient (Wildman–Crippen LogP) is 4.50. The van der Waals surface area contributed by atoms with E-state index in [0.717, 1.165) is 22.1 Å². The number of thioether (sulfide) groups is 1. The molecule has 0 aliphatic rings. The number of hydrogen-bond donors (Lipinski definition) is 2. The molecule has 0 spiro atoms. The highest BCUT2D eigenvalue weighted by atomic mass is 32.2. The Balaban J connectivity index is 1.62. The average Bonchev–Trinajstić information content (AvgIpc) is 3.06. The fourth-order valence-corrected chi connectivity index (χ4v) is 3.01.